The normalized spacial score (nSPS) is 17.1. The van der Waals surface area contributed by atoms with E-state index in [2.05, 4.69) is 0 Å². The monoisotopic (exact) mass is 382 g/mol. The van der Waals surface area contributed by atoms with Crippen molar-refractivity contribution in [1.82, 2.24) is 0 Å². The molecule has 0 rings (SSSR count). The van der Waals surface area contributed by atoms with E-state index in [-0.39, 0.29) is 0 Å². The van der Waals surface area contributed by atoms with Crippen molar-refractivity contribution in [1.29, 1.82) is 0 Å². The fourth-order valence-corrected chi connectivity index (χ4v) is 9.20. The SMILES string of the molecule is O=S(=O)(O)C(P)C(S(=O)(=O)O)(S(=O)(=O)O)S(=O)(=O)O. The van der Waals surface area contributed by atoms with E-state index < -0.39 is 48.9 Å². The second kappa shape index (κ2) is 4.81. The summed E-state index contributed by atoms with van der Waals surface area (Å²) in [6.45, 7) is 0. The predicted molar refractivity (Wildman–Crippen MR) is 62.4 cm³/mol. The molecule has 17 heteroatoms. The lowest BCUT2D eigenvalue weighted by Crippen LogP contribution is -2.60. The Hall–Kier alpha value is 0.0700. The molecule has 0 fully saturated rings. The van der Waals surface area contributed by atoms with Gasteiger partial charge in [-0.15, -0.1) is 9.24 Å². The molecule has 19 heavy (non-hydrogen) atoms. The third kappa shape index (κ3) is 3.06. The molecule has 2 unspecified atom stereocenters. The minimum Gasteiger partial charge on any atom is -0.285 e. The second-order valence-electron chi connectivity index (χ2n) is 2.96. The molecule has 0 aromatic carbocycles. The summed E-state index contributed by atoms with van der Waals surface area (Å²) < 4.78 is 116. The highest BCUT2D eigenvalue weighted by Crippen LogP contribution is 2.39. The summed E-state index contributed by atoms with van der Waals surface area (Å²) in [5.74, 6) is 0. The molecule has 0 aromatic rings. The largest absolute Gasteiger partial charge is 0.367 e. The maximum absolute atomic E-state index is 10.9. The average Bonchev–Trinajstić information content (AvgIpc) is 1.92. The van der Waals surface area contributed by atoms with Crippen molar-refractivity contribution in [3.63, 3.8) is 0 Å². The molecular weight excluding hydrogens is 375 g/mol. The average molecular weight is 382 g/mol. The summed E-state index contributed by atoms with van der Waals surface area (Å²) in [5.41, 5.74) is 0. The second-order valence-corrected chi connectivity index (χ2v) is 11.2. The smallest absolute Gasteiger partial charge is 0.285 e. The quantitative estimate of drug-likeness (QED) is 0.284. The van der Waals surface area contributed by atoms with Crippen LogP contribution < -0.4 is 0 Å². The molecule has 0 bridgehead atoms. The first-order chi connectivity index (χ1) is 7.90. The third-order valence-corrected chi connectivity index (χ3v) is 12.2. The zero-order valence-corrected chi connectivity index (χ0v) is 12.8. The summed E-state index contributed by atoms with van der Waals surface area (Å²) in [5, 5.41) is 0. The lowest BCUT2D eigenvalue weighted by Gasteiger charge is -2.27. The van der Waals surface area contributed by atoms with Crippen LogP contribution in [0.1, 0.15) is 0 Å². The van der Waals surface area contributed by atoms with Gasteiger partial charge >= 0.3 is 33.8 Å². The zero-order chi connectivity index (χ0) is 16.1. The van der Waals surface area contributed by atoms with Gasteiger partial charge in [-0.25, -0.2) is 0 Å². The van der Waals surface area contributed by atoms with Crippen molar-refractivity contribution in [3.05, 3.63) is 0 Å². The Bertz CT molecular complexity index is 686. The lowest BCUT2D eigenvalue weighted by atomic mass is 10.9. The van der Waals surface area contributed by atoms with Gasteiger partial charge in [0, 0.05) is 0 Å². The van der Waals surface area contributed by atoms with Crippen LogP contribution in [0.2, 0.25) is 0 Å². The fraction of sp³-hybridized carbons (Fsp3) is 1.00. The van der Waals surface area contributed by atoms with Crippen LogP contribution in [0.4, 0.5) is 0 Å². The van der Waals surface area contributed by atoms with E-state index in [1.165, 1.54) is 0 Å². The summed E-state index contributed by atoms with van der Waals surface area (Å²) in [4.78, 5) is -3.43. The molecule has 0 saturated heterocycles. The highest BCUT2D eigenvalue weighted by molar-refractivity contribution is 8.22. The van der Waals surface area contributed by atoms with E-state index in [1.807, 2.05) is 0 Å². The first-order valence-corrected chi connectivity index (χ1v) is 10.0. The van der Waals surface area contributed by atoms with Crippen LogP contribution in [0.5, 0.6) is 0 Å². The summed E-state index contributed by atoms with van der Waals surface area (Å²) in [6, 6.07) is 0. The summed E-state index contributed by atoms with van der Waals surface area (Å²) >= 11 is 0. The van der Waals surface area contributed by atoms with Gasteiger partial charge in [-0.05, 0) is 0 Å². The van der Waals surface area contributed by atoms with E-state index in [1.54, 1.807) is 0 Å². The van der Waals surface area contributed by atoms with Crippen molar-refractivity contribution in [2.75, 3.05) is 0 Å². The van der Waals surface area contributed by atoms with Gasteiger partial charge in [0.1, 0.15) is 0 Å². The van der Waals surface area contributed by atoms with Gasteiger partial charge in [0.05, 0.1) is 0 Å². The third-order valence-electron chi connectivity index (χ3n) is 1.75. The molecule has 0 aliphatic rings. The Morgan fingerprint density at radius 3 is 0.947 bits per heavy atom. The highest BCUT2D eigenvalue weighted by atomic mass is 32.3. The Morgan fingerprint density at radius 1 is 0.684 bits per heavy atom. The molecule has 0 amide bonds. The minimum atomic E-state index is -6.46. The Labute approximate surface area is 110 Å². The molecule has 12 nitrogen and oxygen atoms in total. The van der Waals surface area contributed by atoms with Gasteiger partial charge in [0.25, 0.3) is 10.1 Å². The Balaban J connectivity index is 7.26. The van der Waals surface area contributed by atoms with E-state index in [9.17, 15) is 33.7 Å². The minimum absolute atomic E-state index is 0.754. The molecule has 4 N–H and O–H groups in total. The van der Waals surface area contributed by atoms with Crippen LogP contribution in [0.25, 0.3) is 0 Å². The van der Waals surface area contributed by atoms with Crippen molar-refractivity contribution in [3.8, 4) is 0 Å². The topological polar surface area (TPSA) is 217 Å². The van der Waals surface area contributed by atoms with E-state index >= 15 is 0 Å². The van der Waals surface area contributed by atoms with Crippen LogP contribution >= 0.6 is 9.24 Å². The maximum atomic E-state index is 10.9. The maximum Gasteiger partial charge on any atom is 0.367 e. The van der Waals surface area contributed by atoms with Crippen LogP contribution in [0, 0.1) is 0 Å². The van der Waals surface area contributed by atoms with Gasteiger partial charge in [0.15, 0.2) is 4.99 Å². The standard InChI is InChI=1S/C2H7O12PS4/c3-16(4,5)1(15)2(17(6,7)8,18(9,10)11)19(12,13)14/h1H,15H2,(H,3,4,5)(H,6,7,8)(H,9,10,11)(H,12,13,14). The first-order valence-electron chi connectivity index (χ1n) is 3.53. The van der Waals surface area contributed by atoms with Crippen molar-refractivity contribution < 1.29 is 51.9 Å². The van der Waals surface area contributed by atoms with Gasteiger partial charge < -0.3 is 0 Å². The molecule has 0 radical (unpaired) electrons. The van der Waals surface area contributed by atoms with E-state index in [0.717, 1.165) is 9.24 Å². The van der Waals surface area contributed by atoms with Crippen LogP contribution in [-0.2, 0) is 40.5 Å². The molecule has 0 aromatic heterocycles. The molecule has 0 saturated carbocycles. The molecule has 2 atom stereocenters. The fourth-order valence-electron chi connectivity index (χ4n) is 1.02. The lowest BCUT2D eigenvalue weighted by molar-refractivity contribution is 0.416. The van der Waals surface area contributed by atoms with Gasteiger partial charge in [-0.2, -0.15) is 33.7 Å². The first kappa shape index (κ1) is 19.1. The Morgan fingerprint density at radius 2 is 0.895 bits per heavy atom. The molecular formula is C2H7O12PS4. The Kier molecular flexibility index (Phi) is 4.83. The summed E-state index contributed by atoms with van der Waals surface area (Å²) in [7, 11) is -24.4. The number of hydrogen-bond acceptors (Lipinski definition) is 8. The van der Waals surface area contributed by atoms with Crippen LogP contribution in [0.15, 0.2) is 0 Å². The molecule has 0 aliphatic carbocycles. The van der Waals surface area contributed by atoms with Crippen molar-refractivity contribution in [2.24, 2.45) is 0 Å². The van der Waals surface area contributed by atoms with Crippen LogP contribution in [-0.4, -0.2) is 60.3 Å². The highest BCUT2D eigenvalue weighted by Gasteiger charge is 2.72. The van der Waals surface area contributed by atoms with E-state index in [4.69, 9.17) is 18.2 Å². The molecule has 0 spiro atoms. The number of hydrogen-bond donors (Lipinski definition) is 4. The van der Waals surface area contributed by atoms with E-state index in [0.29, 0.717) is 0 Å². The predicted octanol–water partition coefficient (Wildman–Crippen LogP) is -2.61. The molecule has 0 heterocycles. The van der Waals surface area contributed by atoms with Gasteiger partial charge in [0.2, 0.25) is 0 Å². The number of rotatable bonds is 5. The summed E-state index contributed by atoms with van der Waals surface area (Å²) in [6.07, 6.45) is 0. The molecule has 116 valence electrons. The zero-order valence-electron chi connectivity index (χ0n) is 8.34. The molecule has 0 aliphatic heterocycles. The van der Waals surface area contributed by atoms with Crippen molar-refractivity contribution in [2.45, 2.75) is 8.40 Å². The van der Waals surface area contributed by atoms with Crippen LogP contribution in [0.3, 0.4) is 0 Å². The van der Waals surface area contributed by atoms with Gasteiger partial charge in [-0.1, -0.05) is 0 Å². The van der Waals surface area contributed by atoms with Gasteiger partial charge in [-0.3, -0.25) is 18.2 Å². The van der Waals surface area contributed by atoms with Crippen molar-refractivity contribution >= 4 is 49.7 Å².